The fraction of sp³-hybridized carbons (Fsp3) is 0.500. The lowest BCUT2D eigenvalue weighted by Gasteiger charge is -2.25. The van der Waals surface area contributed by atoms with Crippen molar-refractivity contribution in [2.24, 2.45) is 0 Å². The Morgan fingerprint density at radius 2 is 2.16 bits per heavy atom. The van der Waals surface area contributed by atoms with Crippen molar-refractivity contribution in [2.75, 3.05) is 27.2 Å². The Kier molecular flexibility index (Phi) is 4.71. The number of thioether (sulfide) groups is 1. The molecule has 1 aliphatic rings. The second kappa shape index (κ2) is 6.30. The first kappa shape index (κ1) is 14.2. The zero-order valence-corrected chi connectivity index (χ0v) is 12.4. The number of carbonyl (C=O) groups excluding carboxylic acids is 1. The van der Waals surface area contributed by atoms with Crippen molar-refractivity contribution in [3.05, 3.63) is 29.8 Å². The SMILES string of the molecule is CNCCN1C(=O)C(C)SC1c1ccccc1OC. The minimum absolute atomic E-state index is 0.00627. The van der Waals surface area contributed by atoms with Gasteiger partial charge in [0, 0.05) is 18.7 Å². The highest BCUT2D eigenvalue weighted by Crippen LogP contribution is 2.45. The molecule has 1 aromatic rings. The minimum Gasteiger partial charge on any atom is -0.496 e. The average molecular weight is 280 g/mol. The molecule has 1 saturated heterocycles. The summed E-state index contributed by atoms with van der Waals surface area (Å²) < 4.78 is 5.41. The number of nitrogens with one attached hydrogen (secondary N) is 1. The molecule has 1 aromatic carbocycles. The molecule has 1 aliphatic heterocycles. The Morgan fingerprint density at radius 1 is 1.42 bits per heavy atom. The minimum atomic E-state index is 0.00627. The van der Waals surface area contributed by atoms with Crippen molar-refractivity contribution in [3.63, 3.8) is 0 Å². The highest BCUT2D eigenvalue weighted by Gasteiger charge is 2.39. The van der Waals surface area contributed by atoms with Gasteiger partial charge in [-0.15, -0.1) is 11.8 Å². The van der Waals surface area contributed by atoms with Crippen LogP contribution in [0.25, 0.3) is 0 Å². The lowest BCUT2D eigenvalue weighted by atomic mass is 10.1. The van der Waals surface area contributed by atoms with E-state index in [0.29, 0.717) is 0 Å². The van der Waals surface area contributed by atoms with Crippen molar-refractivity contribution >= 4 is 17.7 Å². The Balaban J connectivity index is 2.28. The van der Waals surface area contributed by atoms with Crippen molar-refractivity contribution in [2.45, 2.75) is 17.5 Å². The molecule has 1 N–H and O–H groups in total. The van der Waals surface area contributed by atoms with Gasteiger partial charge < -0.3 is 15.0 Å². The highest BCUT2D eigenvalue weighted by atomic mass is 32.2. The largest absolute Gasteiger partial charge is 0.496 e. The Morgan fingerprint density at radius 3 is 2.84 bits per heavy atom. The van der Waals surface area contributed by atoms with Crippen LogP contribution in [0.1, 0.15) is 17.9 Å². The summed E-state index contributed by atoms with van der Waals surface area (Å²) in [6.45, 7) is 3.48. The van der Waals surface area contributed by atoms with E-state index in [9.17, 15) is 4.79 Å². The molecular formula is C14H20N2O2S. The van der Waals surface area contributed by atoms with Gasteiger partial charge in [0.1, 0.15) is 11.1 Å². The van der Waals surface area contributed by atoms with Gasteiger partial charge in [0.15, 0.2) is 0 Å². The first-order chi connectivity index (χ1) is 9.19. The van der Waals surface area contributed by atoms with Crippen LogP contribution < -0.4 is 10.1 Å². The summed E-state index contributed by atoms with van der Waals surface area (Å²) in [5, 5.41) is 3.15. The quantitative estimate of drug-likeness (QED) is 0.894. The molecule has 1 heterocycles. The van der Waals surface area contributed by atoms with Crippen LogP contribution in [0.15, 0.2) is 24.3 Å². The smallest absolute Gasteiger partial charge is 0.236 e. The van der Waals surface area contributed by atoms with Crippen LogP contribution in [0.5, 0.6) is 5.75 Å². The van der Waals surface area contributed by atoms with Gasteiger partial charge in [-0.2, -0.15) is 0 Å². The fourth-order valence-electron chi connectivity index (χ4n) is 2.25. The maximum atomic E-state index is 12.2. The molecule has 104 valence electrons. The lowest BCUT2D eigenvalue weighted by molar-refractivity contribution is -0.129. The summed E-state index contributed by atoms with van der Waals surface area (Å²) in [4.78, 5) is 14.2. The Hall–Kier alpha value is -1.20. The summed E-state index contributed by atoms with van der Waals surface area (Å²) in [6.07, 6.45) is 0. The molecule has 0 saturated carbocycles. The van der Waals surface area contributed by atoms with Crippen LogP contribution in [0.4, 0.5) is 0 Å². The monoisotopic (exact) mass is 280 g/mol. The molecule has 4 nitrogen and oxygen atoms in total. The van der Waals surface area contributed by atoms with E-state index in [0.717, 1.165) is 24.4 Å². The van der Waals surface area contributed by atoms with Crippen molar-refractivity contribution in [1.29, 1.82) is 0 Å². The number of hydrogen-bond acceptors (Lipinski definition) is 4. The van der Waals surface area contributed by atoms with E-state index < -0.39 is 0 Å². The van der Waals surface area contributed by atoms with E-state index in [4.69, 9.17) is 4.74 Å². The fourth-order valence-corrected chi connectivity index (χ4v) is 3.58. The molecule has 0 aromatic heterocycles. The number of para-hydroxylation sites is 1. The van der Waals surface area contributed by atoms with Gasteiger partial charge in [0.2, 0.25) is 5.91 Å². The van der Waals surface area contributed by atoms with E-state index in [1.54, 1.807) is 18.9 Å². The standard InChI is InChI=1S/C14H20N2O2S/c1-10-13(17)16(9-8-15-2)14(19-10)11-6-4-5-7-12(11)18-3/h4-7,10,14-15H,8-9H2,1-3H3. The molecule has 5 heteroatoms. The third-order valence-electron chi connectivity index (χ3n) is 3.25. The lowest BCUT2D eigenvalue weighted by Crippen LogP contribution is -2.35. The van der Waals surface area contributed by atoms with Gasteiger partial charge in [0.05, 0.1) is 12.4 Å². The number of likely N-dealkylation sites (N-methyl/N-ethyl adjacent to an activating group) is 1. The molecule has 0 bridgehead atoms. The molecule has 0 aliphatic carbocycles. The number of benzene rings is 1. The van der Waals surface area contributed by atoms with Crippen LogP contribution >= 0.6 is 11.8 Å². The number of carbonyl (C=O) groups is 1. The Labute approximate surface area is 118 Å². The number of methoxy groups -OCH3 is 1. The second-order valence-corrected chi connectivity index (χ2v) is 5.93. The number of ether oxygens (including phenoxy) is 1. The summed E-state index contributed by atoms with van der Waals surface area (Å²) in [6, 6.07) is 7.92. The van der Waals surface area contributed by atoms with E-state index in [2.05, 4.69) is 5.32 Å². The first-order valence-corrected chi connectivity index (χ1v) is 7.36. The predicted octanol–water partition coefficient (Wildman–Crippen LogP) is 1.88. The molecule has 19 heavy (non-hydrogen) atoms. The zero-order chi connectivity index (χ0) is 13.8. The summed E-state index contributed by atoms with van der Waals surface area (Å²) in [5.41, 5.74) is 1.07. The molecular weight excluding hydrogens is 260 g/mol. The van der Waals surface area contributed by atoms with Crippen LogP contribution in [-0.2, 0) is 4.79 Å². The normalized spacial score (nSPS) is 22.9. The van der Waals surface area contributed by atoms with Crippen LogP contribution in [0.3, 0.4) is 0 Å². The number of rotatable bonds is 5. The molecule has 2 unspecified atom stereocenters. The van der Waals surface area contributed by atoms with Gasteiger partial charge in [-0.25, -0.2) is 0 Å². The van der Waals surface area contributed by atoms with Crippen molar-refractivity contribution in [3.8, 4) is 5.75 Å². The van der Waals surface area contributed by atoms with Gasteiger partial charge in [0.25, 0.3) is 0 Å². The summed E-state index contributed by atoms with van der Waals surface area (Å²) >= 11 is 1.68. The third kappa shape index (κ3) is 2.87. The molecule has 2 atom stereocenters. The van der Waals surface area contributed by atoms with Crippen LogP contribution in [0, 0.1) is 0 Å². The number of nitrogens with zero attached hydrogens (tertiary/aromatic N) is 1. The van der Waals surface area contributed by atoms with Crippen LogP contribution in [-0.4, -0.2) is 43.3 Å². The maximum Gasteiger partial charge on any atom is 0.236 e. The summed E-state index contributed by atoms with van der Waals surface area (Å²) in [7, 11) is 3.57. The van der Waals surface area contributed by atoms with Crippen molar-refractivity contribution in [1.82, 2.24) is 10.2 Å². The predicted molar refractivity (Wildman–Crippen MR) is 78.4 cm³/mol. The number of hydrogen-bond donors (Lipinski definition) is 1. The Bertz CT molecular complexity index is 453. The maximum absolute atomic E-state index is 12.2. The van der Waals surface area contributed by atoms with Gasteiger partial charge >= 0.3 is 0 Å². The van der Waals surface area contributed by atoms with E-state index in [-0.39, 0.29) is 16.5 Å². The van der Waals surface area contributed by atoms with Gasteiger partial charge in [-0.3, -0.25) is 4.79 Å². The summed E-state index contributed by atoms with van der Waals surface area (Å²) in [5.74, 6) is 1.05. The molecule has 0 radical (unpaired) electrons. The average Bonchev–Trinajstić information content (AvgIpc) is 2.72. The topological polar surface area (TPSA) is 41.6 Å². The van der Waals surface area contributed by atoms with Gasteiger partial charge in [-0.05, 0) is 20.0 Å². The van der Waals surface area contributed by atoms with E-state index >= 15 is 0 Å². The molecule has 2 rings (SSSR count). The van der Waals surface area contributed by atoms with E-state index in [1.165, 1.54) is 0 Å². The molecule has 1 fully saturated rings. The van der Waals surface area contributed by atoms with Gasteiger partial charge in [-0.1, -0.05) is 18.2 Å². The van der Waals surface area contributed by atoms with Crippen molar-refractivity contribution < 1.29 is 9.53 Å². The second-order valence-electron chi connectivity index (χ2n) is 4.51. The third-order valence-corrected chi connectivity index (χ3v) is 4.63. The number of amides is 1. The molecule has 0 spiro atoms. The van der Waals surface area contributed by atoms with Crippen LogP contribution in [0.2, 0.25) is 0 Å². The van der Waals surface area contributed by atoms with E-state index in [1.807, 2.05) is 43.1 Å². The highest BCUT2D eigenvalue weighted by molar-refractivity contribution is 8.01. The zero-order valence-electron chi connectivity index (χ0n) is 11.6. The molecule has 1 amide bonds. The first-order valence-electron chi connectivity index (χ1n) is 6.42.